The fourth-order valence-electron chi connectivity index (χ4n) is 2.44. The van der Waals surface area contributed by atoms with Crippen LogP contribution in [0.1, 0.15) is 12.0 Å². The monoisotopic (exact) mass is 315 g/mol. The van der Waals surface area contributed by atoms with Crippen LogP contribution in [-0.2, 0) is 20.7 Å². The van der Waals surface area contributed by atoms with Crippen LogP contribution in [0, 0.1) is 0 Å². The number of para-hydroxylation sites is 1. The van der Waals surface area contributed by atoms with Gasteiger partial charge in [0.05, 0.1) is 18.9 Å². The highest BCUT2D eigenvalue weighted by Crippen LogP contribution is 2.37. The van der Waals surface area contributed by atoms with Gasteiger partial charge in [-0.1, -0.05) is 12.1 Å². The molecular weight excluding hydrogens is 296 g/mol. The highest BCUT2D eigenvalue weighted by molar-refractivity contribution is 5.97. The number of fused-ring (bicyclic) bond motifs is 1. The van der Waals surface area contributed by atoms with Crippen LogP contribution in [0.3, 0.4) is 0 Å². The molecule has 1 amide bonds. The summed E-state index contributed by atoms with van der Waals surface area (Å²) < 4.78 is 39.7. The Labute approximate surface area is 127 Å². The van der Waals surface area contributed by atoms with Crippen LogP contribution in [0.15, 0.2) is 18.2 Å². The smallest absolute Gasteiger partial charge is 0.387 e. The molecule has 1 aliphatic rings. The van der Waals surface area contributed by atoms with E-state index in [1.54, 1.807) is 13.2 Å². The number of carbonyl (C=O) groups excluding carboxylic acids is 1. The van der Waals surface area contributed by atoms with Crippen LogP contribution in [0.25, 0.3) is 0 Å². The number of hydrogen-bond acceptors (Lipinski definition) is 4. The number of alkyl halides is 2. The van der Waals surface area contributed by atoms with E-state index < -0.39 is 6.61 Å². The minimum absolute atomic E-state index is 0.0254. The largest absolute Gasteiger partial charge is 0.433 e. The molecule has 0 fully saturated rings. The van der Waals surface area contributed by atoms with Gasteiger partial charge in [0.1, 0.15) is 12.4 Å². The minimum Gasteiger partial charge on any atom is -0.433 e. The van der Waals surface area contributed by atoms with E-state index in [2.05, 4.69) is 4.74 Å². The summed E-state index contributed by atoms with van der Waals surface area (Å²) in [5.74, 6) is -0.250. The predicted molar refractivity (Wildman–Crippen MR) is 76.4 cm³/mol. The van der Waals surface area contributed by atoms with Crippen molar-refractivity contribution < 1.29 is 27.8 Å². The Balaban J connectivity index is 2.14. The van der Waals surface area contributed by atoms with Gasteiger partial charge in [0.15, 0.2) is 0 Å². The zero-order chi connectivity index (χ0) is 15.9. The number of anilines is 1. The average molecular weight is 315 g/mol. The number of benzene rings is 1. The van der Waals surface area contributed by atoms with Crippen molar-refractivity contribution in [3.05, 3.63) is 23.8 Å². The maximum absolute atomic E-state index is 12.5. The molecule has 2 rings (SSSR count). The van der Waals surface area contributed by atoms with E-state index in [-0.39, 0.29) is 18.3 Å². The molecule has 1 heterocycles. The van der Waals surface area contributed by atoms with E-state index in [4.69, 9.17) is 9.47 Å². The van der Waals surface area contributed by atoms with Crippen LogP contribution >= 0.6 is 0 Å². The van der Waals surface area contributed by atoms with Gasteiger partial charge in [-0.25, -0.2) is 0 Å². The van der Waals surface area contributed by atoms with Crippen LogP contribution in [-0.4, -0.2) is 46.0 Å². The molecule has 122 valence electrons. The molecular formula is C15H19F2NO4. The summed E-state index contributed by atoms with van der Waals surface area (Å²) in [5.41, 5.74) is 1.25. The second-order valence-corrected chi connectivity index (χ2v) is 4.84. The third kappa shape index (κ3) is 4.14. The maximum atomic E-state index is 12.5. The maximum Gasteiger partial charge on any atom is 0.387 e. The Morgan fingerprint density at radius 2 is 2.18 bits per heavy atom. The van der Waals surface area contributed by atoms with E-state index >= 15 is 0 Å². The fraction of sp³-hybridized carbons (Fsp3) is 0.533. The first-order chi connectivity index (χ1) is 10.6. The van der Waals surface area contributed by atoms with Gasteiger partial charge in [0, 0.05) is 13.7 Å². The van der Waals surface area contributed by atoms with Gasteiger partial charge >= 0.3 is 6.61 Å². The van der Waals surface area contributed by atoms with E-state index in [9.17, 15) is 13.6 Å². The normalized spacial score (nSPS) is 14.1. The molecule has 0 aromatic heterocycles. The van der Waals surface area contributed by atoms with Gasteiger partial charge < -0.3 is 19.1 Å². The van der Waals surface area contributed by atoms with E-state index in [1.807, 2.05) is 6.07 Å². The summed E-state index contributed by atoms with van der Waals surface area (Å²) in [7, 11) is 1.54. The summed E-state index contributed by atoms with van der Waals surface area (Å²) in [6.45, 7) is -1.89. The van der Waals surface area contributed by atoms with Crippen molar-refractivity contribution in [2.75, 3.05) is 38.4 Å². The lowest BCUT2D eigenvalue weighted by Gasteiger charge is -2.31. The number of ether oxygens (including phenoxy) is 3. The number of rotatable bonds is 7. The summed E-state index contributed by atoms with van der Waals surface area (Å²) in [6, 6.07) is 4.92. The highest BCUT2D eigenvalue weighted by atomic mass is 19.3. The molecule has 1 aromatic carbocycles. The van der Waals surface area contributed by atoms with Crippen molar-refractivity contribution >= 4 is 11.6 Å². The molecule has 0 saturated heterocycles. The molecule has 0 aliphatic carbocycles. The Bertz CT molecular complexity index is 510. The second kappa shape index (κ2) is 8.05. The van der Waals surface area contributed by atoms with Gasteiger partial charge in [0.25, 0.3) is 5.91 Å². The molecule has 0 radical (unpaired) electrons. The third-order valence-corrected chi connectivity index (χ3v) is 3.35. The Hall–Kier alpha value is -1.73. The molecule has 0 spiro atoms. The van der Waals surface area contributed by atoms with Crippen LogP contribution < -0.4 is 9.64 Å². The van der Waals surface area contributed by atoms with E-state index in [0.717, 1.165) is 18.4 Å². The lowest BCUT2D eigenvalue weighted by Crippen LogP contribution is -2.38. The number of halogens is 2. The molecule has 7 heteroatoms. The van der Waals surface area contributed by atoms with Crippen molar-refractivity contribution in [2.24, 2.45) is 0 Å². The predicted octanol–water partition coefficient (Wildman–Crippen LogP) is 2.23. The molecule has 0 atom stereocenters. The van der Waals surface area contributed by atoms with Gasteiger partial charge in [-0.3, -0.25) is 4.79 Å². The first-order valence-electron chi connectivity index (χ1n) is 7.07. The van der Waals surface area contributed by atoms with Crippen molar-refractivity contribution in [3.63, 3.8) is 0 Å². The molecule has 0 N–H and O–H groups in total. The van der Waals surface area contributed by atoms with Crippen LogP contribution in [0.4, 0.5) is 14.5 Å². The Morgan fingerprint density at radius 3 is 2.91 bits per heavy atom. The number of carbonyl (C=O) groups is 1. The lowest BCUT2D eigenvalue weighted by atomic mass is 10.0. The van der Waals surface area contributed by atoms with Gasteiger partial charge in [-0.15, -0.1) is 0 Å². The third-order valence-electron chi connectivity index (χ3n) is 3.35. The Kier molecular flexibility index (Phi) is 6.09. The molecule has 0 bridgehead atoms. The molecule has 0 saturated carbocycles. The summed E-state index contributed by atoms with van der Waals surface area (Å²) in [5, 5.41) is 0. The SMILES string of the molecule is COCCOCC(=O)N1CCCc2cccc(OC(F)F)c21. The van der Waals surface area contributed by atoms with Crippen molar-refractivity contribution in [2.45, 2.75) is 19.5 Å². The second-order valence-electron chi connectivity index (χ2n) is 4.84. The van der Waals surface area contributed by atoms with Crippen molar-refractivity contribution in [1.29, 1.82) is 0 Å². The minimum atomic E-state index is -2.93. The molecule has 1 aromatic rings. The van der Waals surface area contributed by atoms with Gasteiger partial charge in [0.2, 0.25) is 0 Å². The van der Waals surface area contributed by atoms with E-state index in [0.29, 0.717) is 25.4 Å². The first-order valence-corrected chi connectivity index (χ1v) is 7.07. The molecule has 22 heavy (non-hydrogen) atoms. The molecule has 5 nitrogen and oxygen atoms in total. The van der Waals surface area contributed by atoms with Crippen LogP contribution in [0.2, 0.25) is 0 Å². The topological polar surface area (TPSA) is 48.0 Å². The standard InChI is InChI=1S/C15H19F2NO4/c1-20-8-9-21-10-13(19)18-7-3-5-11-4-2-6-12(14(11)18)22-15(16)17/h2,4,6,15H,3,5,7-10H2,1H3. The highest BCUT2D eigenvalue weighted by Gasteiger charge is 2.27. The van der Waals surface area contributed by atoms with Crippen molar-refractivity contribution in [1.82, 2.24) is 0 Å². The number of methoxy groups -OCH3 is 1. The lowest BCUT2D eigenvalue weighted by molar-refractivity contribution is -0.123. The number of amides is 1. The first kappa shape index (κ1) is 16.6. The Morgan fingerprint density at radius 1 is 1.36 bits per heavy atom. The zero-order valence-electron chi connectivity index (χ0n) is 12.4. The molecule has 0 unspecified atom stereocenters. The average Bonchev–Trinajstić information content (AvgIpc) is 2.50. The van der Waals surface area contributed by atoms with Crippen molar-refractivity contribution in [3.8, 4) is 5.75 Å². The van der Waals surface area contributed by atoms with Gasteiger partial charge in [-0.2, -0.15) is 8.78 Å². The van der Waals surface area contributed by atoms with E-state index in [1.165, 1.54) is 11.0 Å². The fourth-order valence-corrected chi connectivity index (χ4v) is 2.44. The summed E-state index contributed by atoms with van der Waals surface area (Å²) >= 11 is 0. The number of hydrogen-bond donors (Lipinski definition) is 0. The zero-order valence-corrected chi connectivity index (χ0v) is 12.4. The quantitative estimate of drug-likeness (QED) is 0.724. The van der Waals surface area contributed by atoms with Gasteiger partial charge in [-0.05, 0) is 24.5 Å². The molecule has 1 aliphatic heterocycles. The number of nitrogens with zero attached hydrogens (tertiary/aromatic N) is 1. The summed E-state index contributed by atoms with van der Waals surface area (Å²) in [4.78, 5) is 13.7. The number of aryl methyl sites for hydroxylation is 1. The summed E-state index contributed by atoms with van der Waals surface area (Å²) in [6.07, 6.45) is 1.50. The van der Waals surface area contributed by atoms with Crippen LogP contribution in [0.5, 0.6) is 5.75 Å².